The molecule has 0 aliphatic heterocycles. The largest absolute Gasteiger partial charge is 0.462 e. The van der Waals surface area contributed by atoms with Crippen LogP contribution in [0.4, 0.5) is 0 Å². The van der Waals surface area contributed by atoms with E-state index in [2.05, 4.69) is 38.2 Å². The van der Waals surface area contributed by atoms with Crippen molar-refractivity contribution in [1.82, 2.24) is 0 Å². The van der Waals surface area contributed by atoms with E-state index in [9.17, 15) is 22.6 Å². The summed E-state index contributed by atoms with van der Waals surface area (Å²) in [4.78, 5) is 25.4. The van der Waals surface area contributed by atoms with Crippen molar-refractivity contribution >= 4 is 22.1 Å². The van der Waals surface area contributed by atoms with Crippen LogP contribution < -0.4 is 0 Å². The van der Waals surface area contributed by atoms with Crippen LogP contribution in [0, 0.1) is 0 Å². The van der Waals surface area contributed by atoms with E-state index in [-0.39, 0.29) is 18.8 Å². The Labute approximate surface area is 344 Å². The first-order chi connectivity index (χ1) is 27.3. The van der Waals surface area contributed by atoms with Crippen LogP contribution >= 0.6 is 0 Å². The minimum atomic E-state index is -4.76. The third-order valence-electron chi connectivity index (χ3n) is 10.7. The van der Waals surface area contributed by atoms with Gasteiger partial charge in [-0.2, -0.15) is 8.42 Å². The van der Waals surface area contributed by atoms with Crippen molar-refractivity contribution in [2.24, 2.45) is 0 Å². The molecular formula is C48H82O7S. The first kappa shape index (κ1) is 51.6. The van der Waals surface area contributed by atoms with Crippen molar-refractivity contribution in [3.8, 4) is 0 Å². The average molecular weight is 803 g/mol. The lowest BCUT2D eigenvalue weighted by molar-refractivity contribution is 0.0446. The topological polar surface area (TPSA) is 107 Å². The smallest absolute Gasteiger partial charge is 0.340 e. The van der Waals surface area contributed by atoms with Crippen molar-refractivity contribution in [1.29, 1.82) is 0 Å². The molecular weight excluding hydrogens is 721 g/mol. The second-order valence-electron chi connectivity index (χ2n) is 15.7. The van der Waals surface area contributed by atoms with Gasteiger partial charge >= 0.3 is 11.9 Å². The molecule has 0 spiro atoms. The number of ether oxygens (including phenoxy) is 2. The number of esters is 2. The number of unbranched alkanes of at least 4 members (excludes halogenated alkanes) is 30. The van der Waals surface area contributed by atoms with Gasteiger partial charge in [0.05, 0.1) is 24.3 Å². The molecule has 0 aliphatic rings. The summed E-state index contributed by atoms with van der Waals surface area (Å²) in [5.41, 5.74) is -0.670. The van der Waals surface area contributed by atoms with Crippen LogP contribution in [-0.4, -0.2) is 38.1 Å². The molecule has 1 rings (SSSR count). The van der Waals surface area contributed by atoms with Gasteiger partial charge in [0, 0.05) is 0 Å². The Morgan fingerprint density at radius 3 is 1.11 bits per heavy atom. The highest BCUT2D eigenvalue weighted by molar-refractivity contribution is 7.86. The summed E-state index contributed by atoms with van der Waals surface area (Å²) in [6, 6.07) is 3.77. The van der Waals surface area contributed by atoms with Crippen LogP contribution in [-0.2, 0) is 19.6 Å². The molecule has 0 bridgehead atoms. The Hall–Kier alpha value is -2.45. The zero-order chi connectivity index (χ0) is 40.8. The molecule has 8 heteroatoms. The zero-order valence-corrected chi connectivity index (χ0v) is 36.7. The first-order valence-electron chi connectivity index (χ1n) is 23.0. The fourth-order valence-electron chi connectivity index (χ4n) is 7.26. The molecule has 0 unspecified atom stereocenters. The number of hydrogen-bond donors (Lipinski definition) is 1. The molecule has 1 aromatic carbocycles. The standard InChI is InChI=1S/C48H82O7S/c1-3-5-7-9-11-13-15-17-19-21-23-25-27-29-31-33-35-37-42-54-47(49)44-40-39-41-45(56(51,52)53)46(44)48(50)55-43-38-36-34-32-30-28-26-24-22-20-18-16-14-12-10-8-6-4-2/h3-6,39-41H,7-38,42-43H2,1-2H3,(H,51,52,53)/b5-3+,6-4+. The zero-order valence-electron chi connectivity index (χ0n) is 35.9. The van der Waals surface area contributed by atoms with Crippen molar-refractivity contribution < 1.29 is 32.0 Å². The van der Waals surface area contributed by atoms with Crippen molar-refractivity contribution in [3.63, 3.8) is 0 Å². The summed E-state index contributed by atoms with van der Waals surface area (Å²) in [7, 11) is -4.76. The van der Waals surface area contributed by atoms with Crippen LogP contribution in [0.25, 0.3) is 0 Å². The van der Waals surface area contributed by atoms with E-state index in [1.54, 1.807) is 0 Å². The number of benzene rings is 1. The molecule has 1 aromatic rings. The molecule has 7 nitrogen and oxygen atoms in total. The Morgan fingerprint density at radius 1 is 0.482 bits per heavy atom. The summed E-state index contributed by atoms with van der Waals surface area (Å²) in [6.07, 6.45) is 47.9. The van der Waals surface area contributed by atoms with Crippen LogP contribution in [0.5, 0.6) is 0 Å². The number of carbonyl (C=O) groups is 2. The van der Waals surface area contributed by atoms with E-state index in [0.717, 1.165) is 44.6 Å². The SMILES string of the molecule is C/C=C/CCCCCCCCCCCCCCCCCOC(=O)c1cccc(S(=O)(=O)O)c1C(=O)OCCCCCCCCCCCCCCCCC/C=C/C. The van der Waals surface area contributed by atoms with Gasteiger partial charge in [0.1, 0.15) is 4.90 Å². The Kier molecular flexibility index (Phi) is 33.9. The maximum atomic E-state index is 13.1. The highest BCUT2D eigenvalue weighted by Gasteiger charge is 2.28. The van der Waals surface area contributed by atoms with Gasteiger partial charge in [0.2, 0.25) is 0 Å². The maximum Gasteiger partial charge on any atom is 0.340 e. The molecule has 0 heterocycles. The van der Waals surface area contributed by atoms with E-state index in [1.807, 2.05) is 0 Å². The molecule has 0 aromatic heterocycles. The molecule has 0 atom stereocenters. The minimum Gasteiger partial charge on any atom is -0.462 e. The Bertz CT molecular complexity index is 1270. The van der Waals surface area contributed by atoms with Gasteiger partial charge in [0.25, 0.3) is 10.1 Å². The molecule has 1 N–H and O–H groups in total. The van der Waals surface area contributed by atoms with Gasteiger partial charge in [-0.15, -0.1) is 0 Å². The molecule has 0 fully saturated rings. The summed E-state index contributed by atoms with van der Waals surface area (Å²) in [6.45, 7) is 4.46. The quantitative estimate of drug-likeness (QED) is 0.0306. The second-order valence-corrected chi connectivity index (χ2v) is 17.1. The number of allylic oxidation sites excluding steroid dienone is 4. The molecule has 0 saturated heterocycles. The molecule has 56 heavy (non-hydrogen) atoms. The van der Waals surface area contributed by atoms with Crippen molar-refractivity contribution in [3.05, 3.63) is 53.6 Å². The molecule has 0 aliphatic carbocycles. The lowest BCUT2D eigenvalue weighted by atomic mass is 10.0. The molecule has 0 saturated carbocycles. The Morgan fingerprint density at radius 2 is 0.786 bits per heavy atom. The van der Waals surface area contributed by atoms with Crippen molar-refractivity contribution in [2.45, 2.75) is 224 Å². The predicted molar refractivity (Wildman–Crippen MR) is 234 cm³/mol. The van der Waals surface area contributed by atoms with E-state index in [0.29, 0.717) is 12.8 Å². The van der Waals surface area contributed by atoms with Crippen LogP contribution in [0.3, 0.4) is 0 Å². The van der Waals surface area contributed by atoms with Gasteiger partial charge in [-0.25, -0.2) is 9.59 Å². The highest BCUT2D eigenvalue weighted by atomic mass is 32.2. The minimum absolute atomic E-state index is 0.112. The lowest BCUT2D eigenvalue weighted by Crippen LogP contribution is -2.19. The highest BCUT2D eigenvalue weighted by Crippen LogP contribution is 2.23. The number of rotatable bonds is 39. The first-order valence-corrected chi connectivity index (χ1v) is 24.4. The van der Waals surface area contributed by atoms with Crippen LogP contribution in [0.2, 0.25) is 0 Å². The summed E-state index contributed by atoms with van der Waals surface area (Å²) in [5.74, 6) is -1.74. The van der Waals surface area contributed by atoms with E-state index in [1.165, 1.54) is 166 Å². The summed E-state index contributed by atoms with van der Waals surface area (Å²) >= 11 is 0. The molecule has 0 radical (unpaired) electrons. The van der Waals surface area contributed by atoms with Gasteiger partial charge < -0.3 is 9.47 Å². The van der Waals surface area contributed by atoms with Crippen LogP contribution in [0.15, 0.2) is 47.4 Å². The van der Waals surface area contributed by atoms with Gasteiger partial charge in [-0.3, -0.25) is 4.55 Å². The molecule has 0 amide bonds. The summed E-state index contributed by atoms with van der Waals surface area (Å²) in [5, 5.41) is 0. The maximum absolute atomic E-state index is 13.1. The monoisotopic (exact) mass is 803 g/mol. The fraction of sp³-hybridized carbons (Fsp3) is 0.750. The normalized spacial score (nSPS) is 11.9. The van der Waals surface area contributed by atoms with Crippen LogP contribution in [0.1, 0.15) is 240 Å². The lowest BCUT2D eigenvalue weighted by Gasteiger charge is -2.13. The van der Waals surface area contributed by atoms with Gasteiger partial charge in [0.15, 0.2) is 0 Å². The third kappa shape index (κ3) is 28.9. The second kappa shape index (κ2) is 36.9. The number of hydrogen-bond acceptors (Lipinski definition) is 6. The predicted octanol–water partition coefficient (Wildman–Crippen LogP) is 14.9. The Balaban J connectivity index is 2.18. The van der Waals surface area contributed by atoms with E-state index in [4.69, 9.17) is 9.47 Å². The average Bonchev–Trinajstić information content (AvgIpc) is 3.18. The van der Waals surface area contributed by atoms with Crippen molar-refractivity contribution in [2.75, 3.05) is 13.2 Å². The molecule has 322 valence electrons. The van der Waals surface area contributed by atoms with Gasteiger partial charge in [-0.05, 0) is 64.5 Å². The van der Waals surface area contributed by atoms with E-state index < -0.39 is 32.5 Å². The summed E-state index contributed by atoms with van der Waals surface area (Å²) < 4.78 is 44.9. The number of carbonyl (C=O) groups excluding carboxylic acids is 2. The van der Waals surface area contributed by atoms with Gasteiger partial charge in [-0.1, -0.05) is 197 Å². The third-order valence-corrected chi connectivity index (χ3v) is 11.6. The fourth-order valence-corrected chi connectivity index (χ4v) is 7.97. The van der Waals surface area contributed by atoms with E-state index >= 15 is 0 Å².